The number of rotatable bonds is 4. The predicted molar refractivity (Wildman–Crippen MR) is 139 cm³/mol. The van der Waals surface area contributed by atoms with E-state index in [1.165, 1.54) is 0 Å². The lowest BCUT2D eigenvalue weighted by atomic mass is 10.1. The number of aromatic nitrogens is 3. The number of para-hydroxylation sites is 2. The molecule has 0 saturated carbocycles. The van der Waals surface area contributed by atoms with E-state index >= 15 is 0 Å². The fourth-order valence-electron chi connectivity index (χ4n) is 4.06. The number of anilines is 3. The molecule has 5 aromatic rings. The smallest absolute Gasteiger partial charge is 0.261 e. The molecule has 0 aliphatic heterocycles. The number of nitrogens with zero attached hydrogens (tertiary/aromatic N) is 4. The van der Waals surface area contributed by atoms with Gasteiger partial charge in [-0.3, -0.25) is 9.36 Å². The quantitative estimate of drug-likeness (QED) is 0.398. The molecule has 0 fully saturated rings. The molecule has 0 aliphatic carbocycles. The highest BCUT2D eigenvalue weighted by molar-refractivity contribution is 6.16. The number of nitrogen functional groups attached to an aromatic ring is 1. The van der Waals surface area contributed by atoms with Gasteiger partial charge in [-0.15, -0.1) is 0 Å². The van der Waals surface area contributed by atoms with E-state index in [0.29, 0.717) is 33.7 Å². The molecule has 0 unspecified atom stereocenters. The van der Waals surface area contributed by atoms with E-state index < -0.39 is 0 Å². The molecule has 7 heteroatoms. The van der Waals surface area contributed by atoms with Crippen molar-refractivity contribution < 1.29 is 4.79 Å². The van der Waals surface area contributed by atoms with E-state index in [1.807, 2.05) is 99.6 Å². The van der Waals surface area contributed by atoms with Gasteiger partial charge in [-0.1, -0.05) is 18.2 Å². The lowest BCUT2D eigenvalue weighted by Gasteiger charge is -2.14. The normalized spacial score (nSPS) is 11.2. The Morgan fingerprint density at radius 1 is 0.912 bits per heavy atom. The fourth-order valence-corrected chi connectivity index (χ4v) is 4.06. The molecule has 0 spiro atoms. The van der Waals surface area contributed by atoms with Crippen molar-refractivity contribution in [3.8, 4) is 5.69 Å². The number of hydrogen-bond acceptors (Lipinski definition) is 5. The maximum Gasteiger partial charge on any atom is 0.261 e. The monoisotopic (exact) mass is 450 g/mol. The highest BCUT2D eigenvalue weighted by Gasteiger charge is 2.25. The fraction of sp³-hybridized carbons (Fsp3) is 0.148. The van der Waals surface area contributed by atoms with Crippen LogP contribution >= 0.6 is 0 Å². The molecule has 2 aromatic heterocycles. The molecule has 0 bridgehead atoms. The van der Waals surface area contributed by atoms with Crippen molar-refractivity contribution in [3.63, 3.8) is 0 Å². The molecule has 0 aliphatic rings. The second kappa shape index (κ2) is 8.19. The molecule has 0 saturated heterocycles. The second-order valence-electron chi connectivity index (χ2n) is 8.64. The van der Waals surface area contributed by atoms with Gasteiger partial charge in [0.2, 0.25) is 0 Å². The van der Waals surface area contributed by atoms with E-state index in [0.717, 1.165) is 28.0 Å². The summed E-state index contributed by atoms with van der Waals surface area (Å²) in [6.07, 6.45) is 0. The van der Waals surface area contributed by atoms with Crippen molar-refractivity contribution in [2.45, 2.75) is 13.8 Å². The molecule has 3 N–H and O–H groups in total. The number of hydrogen-bond donors (Lipinski definition) is 2. The minimum Gasteiger partial charge on any atom is -0.384 e. The maximum atomic E-state index is 13.5. The van der Waals surface area contributed by atoms with Crippen LogP contribution in [-0.2, 0) is 0 Å². The van der Waals surface area contributed by atoms with Gasteiger partial charge in [0.15, 0.2) is 5.65 Å². The Kier molecular flexibility index (Phi) is 5.17. The summed E-state index contributed by atoms with van der Waals surface area (Å²) in [5, 5.41) is 2.99. The minimum atomic E-state index is -0.320. The van der Waals surface area contributed by atoms with E-state index in [-0.39, 0.29) is 5.91 Å². The Balaban J connectivity index is 1.70. The lowest BCUT2D eigenvalue weighted by molar-refractivity contribution is 0.102. The first-order valence-electron chi connectivity index (χ1n) is 11.1. The van der Waals surface area contributed by atoms with Crippen LogP contribution in [0.25, 0.3) is 27.9 Å². The van der Waals surface area contributed by atoms with Crippen LogP contribution in [0.1, 0.15) is 21.5 Å². The van der Waals surface area contributed by atoms with Crippen LogP contribution in [0.4, 0.5) is 17.2 Å². The third-order valence-corrected chi connectivity index (χ3v) is 6.11. The van der Waals surface area contributed by atoms with Gasteiger partial charge in [-0.25, -0.2) is 9.97 Å². The van der Waals surface area contributed by atoms with Crippen LogP contribution in [0.5, 0.6) is 0 Å². The lowest BCUT2D eigenvalue weighted by Crippen LogP contribution is -2.14. The van der Waals surface area contributed by atoms with E-state index in [4.69, 9.17) is 15.7 Å². The number of aryl methyl sites for hydroxylation is 2. The van der Waals surface area contributed by atoms with Gasteiger partial charge in [-0.2, -0.15) is 0 Å². The average molecular weight is 451 g/mol. The molecule has 7 nitrogen and oxygen atoms in total. The van der Waals surface area contributed by atoms with Crippen LogP contribution in [0, 0.1) is 13.8 Å². The summed E-state index contributed by atoms with van der Waals surface area (Å²) in [4.78, 5) is 25.1. The van der Waals surface area contributed by atoms with Crippen molar-refractivity contribution in [1.82, 2.24) is 14.5 Å². The molecule has 34 heavy (non-hydrogen) atoms. The second-order valence-corrected chi connectivity index (χ2v) is 8.64. The van der Waals surface area contributed by atoms with Gasteiger partial charge in [0.05, 0.1) is 11.0 Å². The van der Waals surface area contributed by atoms with Crippen molar-refractivity contribution in [3.05, 3.63) is 83.4 Å². The molecular formula is C27H26N6O. The van der Waals surface area contributed by atoms with Crippen molar-refractivity contribution in [2.75, 3.05) is 30.0 Å². The molecule has 5 rings (SSSR count). The largest absolute Gasteiger partial charge is 0.384 e. The van der Waals surface area contributed by atoms with Crippen LogP contribution in [0.2, 0.25) is 0 Å². The molecule has 170 valence electrons. The first-order valence-corrected chi connectivity index (χ1v) is 11.1. The number of carbonyl (C=O) groups is 1. The number of benzene rings is 3. The van der Waals surface area contributed by atoms with Crippen LogP contribution in [0.3, 0.4) is 0 Å². The summed E-state index contributed by atoms with van der Waals surface area (Å²) in [5.74, 6) is -0.0248. The molecular weight excluding hydrogens is 424 g/mol. The van der Waals surface area contributed by atoms with Gasteiger partial charge in [0, 0.05) is 31.2 Å². The Hall–Kier alpha value is -4.39. The SMILES string of the molecule is Cc1ccc(NC(=O)c2c(N)n(-c3ccc(N(C)C)cc3)c3nc4ccccc4nc23)cc1C. The first-order chi connectivity index (χ1) is 16.3. The summed E-state index contributed by atoms with van der Waals surface area (Å²) in [5.41, 5.74) is 14.2. The zero-order chi connectivity index (χ0) is 24.0. The van der Waals surface area contributed by atoms with Crippen molar-refractivity contribution in [2.24, 2.45) is 0 Å². The molecule has 0 radical (unpaired) electrons. The van der Waals surface area contributed by atoms with E-state index in [2.05, 4.69) is 5.32 Å². The van der Waals surface area contributed by atoms with Gasteiger partial charge in [0.25, 0.3) is 5.91 Å². The Labute approximate surface area is 197 Å². The summed E-state index contributed by atoms with van der Waals surface area (Å²) < 4.78 is 1.80. The number of nitrogens with one attached hydrogen (secondary N) is 1. The zero-order valence-corrected chi connectivity index (χ0v) is 19.6. The standard InChI is InChI=1S/C27H26N6O/c1-16-9-10-18(15-17(16)2)29-27(34)23-24-26(31-22-8-6-5-7-21(22)30-24)33(25(23)28)20-13-11-19(12-14-20)32(3)4/h5-15H,28H2,1-4H3,(H,29,34). The molecule has 2 heterocycles. The van der Waals surface area contributed by atoms with Crippen molar-refractivity contribution >= 4 is 45.3 Å². The molecule has 0 atom stereocenters. The van der Waals surface area contributed by atoms with Gasteiger partial charge in [0.1, 0.15) is 16.9 Å². The van der Waals surface area contributed by atoms with Gasteiger partial charge >= 0.3 is 0 Å². The third-order valence-electron chi connectivity index (χ3n) is 6.11. The van der Waals surface area contributed by atoms with Crippen LogP contribution in [-0.4, -0.2) is 34.5 Å². The van der Waals surface area contributed by atoms with E-state index in [9.17, 15) is 4.79 Å². The Bertz CT molecular complexity index is 1550. The predicted octanol–water partition coefficient (Wildman–Crippen LogP) is 5.09. The topological polar surface area (TPSA) is 89.1 Å². The summed E-state index contributed by atoms with van der Waals surface area (Å²) in [6.45, 7) is 4.05. The first kappa shape index (κ1) is 21.5. The highest BCUT2D eigenvalue weighted by atomic mass is 16.1. The average Bonchev–Trinajstić information content (AvgIpc) is 3.10. The Morgan fingerprint density at radius 2 is 1.59 bits per heavy atom. The summed E-state index contributed by atoms with van der Waals surface area (Å²) in [6, 6.07) is 21.4. The highest BCUT2D eigenvalue weighted by Crippen LogP contribution is 2.32. The van der Waals surface area contributed by atoms with Crippen molar-refractivity contribution in [1.29, 1.82) is 0 Å². The number of amides is 1. The zero-order valence-electron chi connectivity index (χ0n) is 19.6. The number of nitrogens with two attached hydrogens (primary N) is 1. The number of fused-ring (bicyclic) bond motifs is 2. The van der Waals surface area contributed by atoms with Gasteiger partial charge in [-0.05, 0) is 73.5 Å². The van der Waals surface area contributed by atoms with Crippen LogP contribution < -0.4 is 16.0 Å². The van der Waals surface area contributed by atoms with Crippen LogP contribution in [0.15, 0.2) is 66.7 Å². The molecule has 3 aromatic carbocycles. The summed E-state index contributed by atoms with van der Waals surface area (Å²) in [7, 11) is 3.97. The molecule has 1 amide bonds. The number of carbonyl (C=O) groups excluding carboxylic acids is 1. The van der Waals surface area contributed by atoms with E-state index in [1.54, 1.807) is 4.57 Å². The Morgan fingerprint density at radius 3 is 2.24 bits per heavy atom. The minimum absolute atomic E-state index is 0.296. The summed E-state index contributed by atoms with van der Waals surface area (Å²) >= 11 is 0. The maximum absolute atomic E-state index is 13.5. The third kappa shape index (κ3) is 3.61. The van der Waals surface area contributed by atoms with Gasteiger partial charge < -0.3 is 16.0 Å².